The van der Waals surface area contributed by atoms with Crippen LogP contribution < -0.4 is 4.74 Å². The van der Waals surface area contributed by atoms with E-state index in [9.17, 15) is 13.2 Å². The van der Waals surface area contributed by atoms with Crippen molar-refractivity contribution in [1.82, 2.24) is 15.0 Å². The number of fused-ring (bicyclic) bond motifs is 3. The second-order valence-corrected chi connectivity index (χ2v) is 9.65. The topological polar surface area (TPSA) is 51.4 Å². The number of thiophene rings is 1. The Morgan fingerprint density at radius 1 is 1.21 bits per heavy atom. The number of hydrogen-bond donors (Lipinski definition) is 0. The molecule has 2 aliphatic heterocycles. The van der Waals surface area contributed by atoms with E-state index in [0.29, 0.717) is 47.2 Å². The third kappa shape index (κ3) is 3.78. The van der Waals surface area contributed by atoms with Gasteiger partial charge in [-0.15, -0.1) is 11.3 Å². The molecule has 0 bridgehead atoms. The minimum absolute atomic E-state index is 0.137. The number of halogens is 4. The SMILES string of the molecule is FC(F)(F)CN1CCc2noc(C3Cc4cc(Cl)cc(-c5ccnc6ccsc56)c4O3)c2C1. The molecule has 170 valence electrons. The summed E-state index contributed by atoms with van der Waals surface area (Å²) >= 11 is 8.05. The third-order valence-corrected chi connectivity index (χ3v) is 7.23. The molecule has 0 saturated heterocycles. The lowest BCUT2D eigenvalue weighted by Gasteiger charge is -2.27. The van der Waals surface area contributed by atoms with Crippen molar-refractivity contribution in [2.24, 2.45) is 0 Å². The number of rotatable bonds is 3. The van der Waals surface area contributed by atoms with Crippen LogP contribution in [0.25, 0.3) is 21.3 Å². The van der Waals surface area contributed by atoms with Gasteiger partial charge in [-0.1, -0.05) is 16.8 Å². The average molecular weight is 492 g/mol. The van der Waals surface area contributed by atoms with Crippen LogP contribution in [0.5, 0.6) is 5.75 Å². The van der Waals surface area contributed by atoms with E-state index in [4.69, 9.17) is 20.9 Å². The Morgan fingerprint density at radius 3 is 2.94 bits per heavy atom. The summed E-state index contributed by atoms with van der Waals surface area (Å²) in [5.41, 5.74) is 5.07. The van der Waals surface area contributed by atoms with Gasteiger partial charge < -0.3 is 9.26 Å². The van der Waals surface area contributed by atoms with Crippen molar-refractivity contribution in [3.05, 3.63) is 63.4 Å². The van der Waals surface area contributed by atoms with Crippen molar-refractivity contribution < 1.29 is 22.4 Å². The van der Waals surface area contributed by atoms with E-state index in [1.54, 1.807) is 17.5 Å². The molecule has 3 aromatic heterocycles. The molecule has 5 heterocycles. The van der Waals surface area contributed by atoms with Gasteiger partial charge in [0.15, 0.2) is 11.9 Å². The Morgan fingerprint density at radius 2 is 2.09 bits per heavy atom. The first-order valence-corrected chi connectivity index (χ1v) is 11.7. The zero-order valence-corrected chi connectivity index (χ0v) is 18.7. The van der Waals surface area contributed by atoms with Gasteiger partial charge in [-0.2, -0.15) is 13.2 Å². The normalized spacial score (nSPS) is 18.4. The Balaban J connectivity index is 1.35. The number of nitrogens with zero attached hydrogens (tertiary/aromatic N) is 3. The zero-order chi connectivity index (χ0) is 22.7. The highest BCUT2D eigenvalue weighted by Gasteiger charge is 2.38. The van der Waals surface area contributed by atoms with Gasteiger partial charge in [0, 0.05) is 59.4 Å². The number of alkyl halides is 3. The number of hydrogen-bond acceptors (Lipinski definition) is 6. The maximum atomic E-state index is 12.9. The van der Waals surface area contributed by atoms with Gasteiger partial charge in [-0.3, -0.25) is 9.88 Å². The first-order valence-electron chi connectivity index (χ1n) is 10.4. The summed E-state index contributed by atoms with van der Waals surface area (Å²) in [6.07, 6.45) is -2.05. The number of pyridine rings is 1. The van der Waals surface area contributed by atoms with Crippen LogP contribution in [-0.4, -0.2) is 34.3 Å². The summed E-state index contributed by atoms with van der Waals surface area (Å²) < 4.78 is 51.8. The molecule has 4 aromatic rings. The first-order chi connectivity index (χ1) is 15.9. The average Bonchev–Trinajstić information content (AvgIpc) is 3.48. The van der Waals surface area contributed by atoms with Crippen molar-refractivity contribution in [1.29, 1.82) is 0 Å². The van der Waals surface area contributed by atoms with Crippen LogP contribution >= 0.6 is 22.9 Å². The molecule has 5 nitrogen and oxygen atoms in total. The van der Waals surface area contributed by atoms with Crippen LogP contribution in [0.3, 0.4) is 0 Å². The van der Waals surface area contributed by atoms with Gasteiger partial charge in [0.05, 0.1) is 22.5 Å². The quantitative estimate of drug-likeness (QED) is 0.341. The second-order valence-electron chi connectivity index (χ2n) is 8.29. The fraction of sp³-hybridized carbons (Fsp3) is 0.304. The van der Waals surface area contributed by atoms with Crippen molar-refractivity contribution in [2.45, 2.75) is 31.7 Å². The van der Waals surface area contributed by atoms with Gasteiger partial charge in [0.2, 0.25) is 0 Å². The van der Waals surface area contributed by atoms with Crippen molar-refractivity contribution in [3.8, 4) is 16.9 Å². The molecule has 0 N–H and O–H groups in total. The van der Waals surface area contributed by atoms with Gasteiger partial charge in [-0.25, -0.2) is 0 Å². The molecule has 0 saturated carbocycles. The van der Waals surface area contributed by atoms with Gasteiger partial charge >= 0.3 is 6.18 Å². The summed E-state index contributed by atoms with van der Waals surface area (Å²) in [6.45, 7) is -0.526. The fourth-order valence-electron chi connectivity index (χ4n) is 4.69. The van der Waals surface area contributed by atoms with Crippen LogP contribution in [0.4, 0.5) is 13.2 Å². The number of ether oxygens (including phenoxy) is 1. The maximum Gasteiger partial charge on any atom is 0.401 e. The van der Waals surface area contributed by atoms with Crippen LogP contribution in [0.2, 0.25) is 5.02 Å². The van der Waals surface area contributed by atoms with Crippen LogP contribution in [-0.2, 0) is 19.4 Å². The molecular formula is C23H17ClF3N3O2S. The molecule has 0 amide bonds. The Kier molecular flexibility index (Phi) is 4.90. The molecule has 1 atom stereocenters. The van der Waals surface area contributed by atoms with E-state index in [1.807, 2.05) is 29.6 Å². The van der Waals surface area contributed by atoms with Crippen LogP contribution in [0.15, 0.2) is 40.4 Å². The van der Waals surface area contributed by atoms with Crippen molar-refractivity contribution in [2.75, 3.05) is 13.1 Å². The molecule has 0 radical (unpaired) electrons. The molecule has 0 fully saturated rings. The van der Waals surface area contributed by atoms with E-state index in [0.717, 1.165) is 26.9 Å². The predicted octanol–water partition coefficient (Wildman–Crippen LogP) is 6.20. The standard InChI is InChI=1S/C23H17ClF3N3O2S/c24-13-7-12-8-19(21-16-10-30(11-23(25,26)27)5-2-17(16)29-32-21)31-20(12)15(9-13)14-1-4-28-18-3-6-33-22(14)18/h1,3-4,6-7,9,19H,2,5,8,10-11H2. The second kappa shape index (κ2) is 7.72. The molecular weight excluding hydrogens is 475 g/mol. The lowest BCUT2D eigenvalue weighted by atomic mass is 9.98. The Labute approximate surface area is 195 Å². The molecule has 10 heteroatoms. The van der Waals surface area contributed by atoms with E-state index >= 15 is 0 Å². The highest BCUT2D eigenvalue weighted by Crippen LogP contribution is 2.47. The van der Waals surface area contributed by atoms with Gasteiger partial charge in [-0.05, 0) is 29.6 Å². The maximum absolute atomic E-state index is 12.9. The minimum Gasteiger partial charge on any atom is -0.481 e. The lowest BCUT2D eigenvalue weighted by molar-refractivity contribution is -0.147. The molecule has 33 heavy (non-hydrogen) atoms. The number of benzene rings is 1. The zero-order valence-electron chi connectivity index (χ0n) is 17.2. The monoisotopic (exact) mass is 491 g/mol. The molecule has 6 rings (SSSR count). The largest absolute Gasteiger partial charge is 0.481 e. The minimum atomic E-state index is -4.25. The first kappa shape index (κ1) is 20.9. The number of aromatic nitrogens is 2. The fourth-order valence-corrected chi connectivity index (χ4v) is 5.81. The summed E-state index contributed by atoms with van der Waals surface area (Å²) in [7, 11) is 0. The van der Waals surface area contributed by atoms with Crippen LogP contribution in [0, 0.1) is 0 Å². The summed E-state index contributed by atoms with van der Waals surface area (Å²) in [5.74, 6) is 1.20. The highest BCUT2D eigenvalue weighted by molar-refractivity contribution is 7.17. The molecule has 0 spiro atoms. The van der Waals surface area contributed by atoms with E-state index in [1.165, 1.54) is 4.90 Å². The lowest BCUT2D eigenvalue weighted by Crippen LogP contribution is -2.38. The molecule has 0 aliphatic carbocycles. The summed E-state index contributed by atoms with van der Waals surface area (Å²) in [5, 5.41) is 6.71. The Bertz CT molecular complexity index is 1370. The van der Waals surface area contributed by atoms with Crippen LogP contribution in [0.1, 0.15) is 28.7 Å². The predicted molar refractivity (Wildman–Crippen MR) is 119 cm³/mol. The molecule has 2 aliphatic rings. The van der Waals surface area contributed by atoms with Gasteiger partial charge in [0.1, 0.15) is 5.75 Å². The van der Waals surface area contributed by atoms with Crippen molar-refractivity contribution in [3.63, 3.8) is 0 Å². The molecule has 1 unspecified atom stereocenters. The highest BCUT2D eigenvalue weighted by atomic mass is 35.5. The van der Waals surface area contributed by atoms with E-state index < -0.39 is 18.8 Å². The van der Waals surface area contributed by atoms with E-state index in [2.05, 4.69) is 10.1 Å². The van der Waals surface area contributed by atoms with Crippen molar-refractivity contribution >= 4 is 33.2 Å². The van der Waals surface area contributed by atoms with E-state index in [-0.39, 0.29) is 6.54 Å². The smallest absolute Gasteiger partial charge is 0.401 e. The molecule has 1 aromatic carbocycles. The summed E-state index contributed by atoms with van der Waals surface area (Å²) in [6, 6.07) is 7.64. The summed E-state index contributed by atoms with van der Waals surface area (Å²) in [4.78, 5) is 5.78. The third-order valence-electron chi connectivity index (χ3n) is 6.07. The Hall–Kier alpha value is -2.62. The van der Waals surface area contributed by atoms with Gasteiger partial charge in [0.25, 0.3) is 0 Å².